The molecule has 0 heterocycles. The Balaban J connectivity index is 1.94. The summed E-state index contributed by atoms with van der Waals surface area (Å²) >= 11 is 11.0. The molecule has 142 valence electrons. The van der Waals surface area contributed by atoms with E-state index in [2.05, 4.69) is 16.0 Å². The van der Waals surface area contributed by atoms with Crippen LogP contribution in [-0.2, 0) is 16.0 Å². The average molecular weight is 406 g/mol. The van der Waals surface area contributed by atoms with Crippen molar-refractivity contribution in [2.75, 3.05) is 25.6 Å². The second kappa shape index (κ2) is 10.6. The number of thiocarbonyl (C=S) groups is 1. The number of carbonyl (C=O) groups is 2. The number of rotatable bonds is 7. The molecule has 0 aliphatic heterocycles. The summed E-state index contributed by atoms with van der Waals surface area (Å²) < 4.78 is 4.92. The molecule has 0 radical (unpaired) electrons. The van der Waals surface area contributed by atoms with Crippen molar-refractivity contribution >= 4 is 46.4 Å². The fraction of sp³-hybridized carbons (Fsp3) is 0.211. The molecule has 2 rings (SSSR count). The Hall–Kier alpha value is -2.48. The van der Waals surface area contributed by atoms with Crippen LogP contribution in [0.4, 0.5) is 5.69 Å². The van der Waals surface area contributed by atoms with E-state index in [1.54, 1.807) is 55.6 Å². The summed E-state index contributed by atoms with van der Waals surface area (Å²) in [6.07, 6.45) is 0.165. The van der Waals surface area contributed by atoms with Gasteiger partial charge in [-0.2, -0.15) is 0 Å². The van der Waals surface area contributed by atoms with Crippen molar-refractivity contribution in [3.8, 4) is 0 Å². The molecule has 2 amide bonds. The lowest BCUT2D eigenvalue weighted by Gasteiger charge is -2.13. The normalized spacial score (nSPS) is 10.1. The Labute approximate surface area is 168 Å². The van der Waals surface area contributed by atoms with Crippen molar-refractivity contribution in [2.24, 2.45) is 0 Å². The number of nitrogens with one attached hydrogen (secondary N) is 3. The summed E-state index contributed by atoms with van der Waals surface area (Å²) in [5, 5.41) is 8.97. The fourth-order valence-corrected chi connectivity index (χ4v) is 2.61. The lowest BCUT2D eigenvalue weighted by molar-refractivity contribution is -0.119. The van der Waals surface area contributed by atoms with Crippen LogP contribution in [0.5, 0.6) is 0 Å². The van der Waals surface area contributed by atoms with Crippen LogP contribution in [0.15, 0.2) is 48.5 Å². The van der Waals surface area contributed by atoms with Crippen LogP contribution in [0.25, 0.3) is 0 Å². The zero-order chi connectivity index (χ0) is 19.6. The molecule has 0 atom stereocenters. The highest BCUT2D eigenvalue weighted by atomic mass is 35.5. The van der Waals surface area contributed by atoms with Gasteiger partial charge in [0.1, 0.15) is 0 Å². The van der Waals surface area contributed by atoms with Crippen molar-refractivity contribution < 1.29 is 14.3 Å². The fourth-order valence-electron chi connectivity index (χ4n) is 2.26. The third kappa shape index (κ3) is 6.97. The number of benzene rings is 2. The van der Waals surface area contributed by atoms with E-state index in [1.807, 2.05) is 0 Å². The summed E-state index contributed by atoms with van der Waals surface area (Å²) in [5.41, 5.74) is 1.74. The minimum atomic E-state index is -0.267. The number of hydrogen-bond donors (Lipinski definition) is 3. The van der Waals surface area contributed by atoms with Gasteiger partial charge in [-0.1, -0.05) is 35.9 Å². The van der Waals surface area contributed by atoms with Gasteiger partial charge in [-0.25, -0.2) is 0 Å². The van der Waals surface area contributed by atoms with E-state index < -0.39 is 0 Å². The van der Waals surface area contributed by atoms with Gasteiger partial charge in [0.05, 0.1) is 24.3 Å². The van der Waals surface area contributed by atoms with Gasteiger partial charge in [0.25, 0.3) is 5.91 Å². The number of amides is 2. The van der Waals surface area contributed by atoms with E-state index in [-0.39, 0.29) is 23.3 Å². The molecule has 0 aromatic heterocycles. The van der Waals surface area contributed by atoms with E-state index in [0.717, 1.165) is 5.56 Å². The van der Waals surface area contributed by atoms with Crippen molar-refractivity contribution in [2.45, 2.75) is 6.42 Å². The zero-order valence-corrected chi connectivity index (χ0v) is 16.3. The molecule has 0 fully saturated rings. The summed E-state index contributed by atoms with van der Waals surface area (Å²) in [5.74, 6) is -0.526. The Morgan fingerprint density at radius 1 is 1.11 bits per heavy atom. The van der Waals surface area contributed by atoms with E-state index in [4.69, 9.17) is 28.6 Å². The van der Waals surface area contributed by atoms with Crippen LogP contribution in [0, 0.1) is 0 Å². The molecule has 0 aliphatic carbocycles. The van der Waals surface area contributed by atoms with Gasteiger partial charge >= 0.3 is 0 Å². The van der Waals surface area contributed by atoms with Crippen LogP contribution < -0.4 is 16.0 Å². The average Bonchev–Trinajstić information content (AvgIpc) is 2.64. The van der Waals surface area contributed by atoms with Crippen molar-refractivity contribution in [1.82, 2.24) is 10.6 Å². The monoisotopic (exact) mass is 405 g/mol. The topological polar surface area (TPSA) is 79.5 Å². The number of ether oxygens (including phenoxy) is 1. The van der Waals surface area contributed by atoms with Crippen molar-refractivity contribution in [1.29, 1.82) is 0 Å². The van der Waals surface area contributed by atoms with Crippen LogP contribution in [0.2, 0.25) is 5.02 Å². The smallest absolute Gasteiger partial charge is 0.253 e. The summed E-state index contributed by atoms with van der Waals surface area (Å²) in [6.45, 7) is 0.812. The maximum Gasteiger partial charge on any atom is 0.253 e. The van der Waals surface area contributed by atoms with E-state index in [9.17, 15) is 9.59 Å². The number of para-hydroxylation sites is 1. The Morgan fingerprint density at radius 3 is 2.52 bits per heavy atom. The molecule has 27 heavy (non-hydrogen) atoms. The second-order valence-electron chi connectivity index (χ2n) is 5.60. The van der Waals surface area contributed by atoms with Crippen LogP contribution in [-0.4, -0.2) is 37.2 Å². The Kier molecular flexibility index (Phi) is 8.19. The molecule has 8 heteroatoms. The maximum absolute atomic E-state index is 12.3. The summed E-state index contributed by atoms with van der Waals surface area (Å²) in [4.78, 5) is 24.4. The molecule has 0 unspecified atom stereocenters. The highest BCUT2D eigenvalue weighted by Crippen LogP contribution is 2.15. The number of carbonyl (C=O) groups excluding carboxylic acids is 2. The zero-order valence-electron chi connectivity index (χ0n) is 14.8. The minimum absolute atomic E-state index is 0.117. The van der Waals surface area contributed by atoms with Crippen molar-refractivity contribution in [3.63, 3.8) is 0 Å². The summed E-state index contributed by atoms with van der Waals surface area (Å²) in [6, 6.07) is 13.9. The Morgan fingerprint density at radius 2 is 1.81 bits per heavy atom. The molecule has 0 bridgehead atoms. The van der Waals surface area contributed by atoms with E-state index in [1.165, 1.54) is 0 Å². The number of anilines is 1. The first-order chi connectivity index (χ1) is 13.0. The van der Waals surface area contributed by atoms with Gasteiger partial charge < -0.3 is 20.7 Å². The van der Waals surface area contributed by atoms with Gasteiger partial charge in [0.2, 0.25) is 5.91 Å². The van der Waals surface area contributed by atoms with Gasteiger partial charge in [0.15, 0.2) is 5.11 Å². The molecule has 0 aliphatic rings. The molecular weight excluding hydrogens is 386 g/mol. The molecular formula is C19H20ClN3O3S. The first-order valence-corrected chi connectivity index (χ1v) is 8.99. The number of methoxy groups -OCH3 is 1. The molecule has 2 aromatic rings. The van der Waals surface area contributed by atoms with Crippen LogP contribution >= 0.6 is 23.8 Å². The highest BCUT2D eigenvalue weighted by Gasteiger charge is 2.12. The summed E-state index contributed by atoms with van der Waals surface area (Å²) in [7, 11) is 1.56. The molecule has 0 spiro atoms. The second-order valence-corrected chi connectivity index (χ2v) is 6.44. The number of halogens is 1. The van der Waals surface area contributed by atoms with Gasteiger partial charge in [-0.3, -0.25) is 9.59 Å². The van der Waals surface area contributed by atoms with Crippen molar-refractivity contribution in [3.05, 3.63) is 64.7 Å². The predicted molar refractivity (Wildman–Crippen MR) is 110 cm³/mol. The van der Waals surface area contributed by atoms with Gasteiger partial charge in [0, 0.05) is 18.7 Å². The SMILES string of the molecule is COCCNC(=O)c1ccccc1NC(=S)NC(=O)Cc1ccc(Cl)cc1. The first kappa shape index (κ1) is 20.8. The lowest BCUT2D eigenvalue weighted by atomic mass is 10.1. The predicted octanol–water partition coefficient (Wildman–Crippen LogP) is 2.77. The van der Waals surface area contributed by atoms with Crippen LogP contribution in [0.3, 0.4) is 0 Å². The standard InChI is InChI=1S/C19H20ClN3O3S/c1-26-11-10-21-18(25)15-4-2-3-5-16(15)22-19(27)23-17(24)12-13-6-8-14(20)9-7-13/h2-9H,10-12H2,1H3,(H,21,25)(H2,22,23,24,27). The molecule has 3 N–H and O–H groups in total. The Bertz CT molecular complexity index is 812. The molecule has 0 saturated heterocycles. The first-order valence-electron chi connectivity index (χ1n) is 8.21. The molecule has 2 aromatic carbocycles. The maximum atomic E-state index is 12.3. The third-order valence-corrected chi connectivity index (χ3v) is 4.00. The van der Waals surface area contributed by atoms with E-state index >= 15 is 0 Å². The molecule has 6 nitrogen and oxygen atoms in total. The quantitative estimate of drug-likeness (QED) is 0.487. The largest absolute Gasteiger partial charge is 0.383 e. The van der Waals surface area contributed by atoms with Gasteiger partial charge in [-0.15, -0.1) is 0 Å². The highest BCUT2D eigenvalue weighted by molar-refractivity contribution is 7.80. The molecule has 0 saturated carbocycles. The van der Waals surface area contributed by atoms with E-state index in [0.29, 0.717) is 29.4 Å². The third-order valence-electron chi connectivity index (χ3n) is 3.54. The van der Waals surface area contributed by atoms with Gasteiger partial charge in [-0.05, 0) is 42.0 Å². The minimum Gasteiger partial charge on any atom is -0.383 e. The number of hydrogen-bond acceptors (Lipinski definition) is 4. The van der Waals surface area contributed by atoms with Crippen LogP contribution in [0.1, 0.15) is 15.9 Å². The lowest BCUT2D eigenvalue weighted by Crippen LogP contribution is -2.36.